The van der Waals surface area contributed by atoms with E-state index in [1.165, 1.54) is 17.4 Å². The van der Waals surface area contributed by atoms with E-state index < -0.39 is 0 Å². The van der Waals surface area contributed by atoms with E-state index in [2.05, 4.69) is 36.8 Å². The molecule has 0 atom stereocenters. The highest BCUT2D eigenvalue weighted by Gasteiger charge is 2.09. The predicted octanol–water partition coefficient (Wildman–Crippen LogP) is 4.47. The zero-order valence-corrected chi connectivity index (χ0v) is 10.8. The molecule has 0 radical (unpaired) electrons. The van der Waals surface area contributed by atoms with Gasteiger partial charge in [-0.2, -0.15) is 0 Å². The van der Waals surface area contributed by atoms with Crippen molar-refractivity contribution in [1.82, 2.24) is 4.98 Å². The zero-order valence-electron chi connectivity index (χ0n) is 6.80. The molecule has 1 nitrogen and oxygen atoms in total. The number of nitrogens with zero attached hydrogens (tertiary/aromatic N) is 1. The number of aromatic nitrogens is 1. The lowest BCUT2D eigenvalue weighted by Gasteiger charge is -1.98. The molecule has 2 aromatic rings. The summed E-state index contributed by atoms with van der Waals surface area (Å²) in [6, 6.07) is 4.82. The van der Waals surface area contributed by atoms with E-state index in [0.29, 0.717) is 10.6 Å². The minimum atomic E-state index is -0.255. The first kappa shape index (κ1) is 10.3. The van der Waals surface area contributed by atoms with E-state index in [4.69, 9.17) is 0 Å². The Morgan fingerprint density at radius 3 is 2.71 bits per heavy atom. The minimum Gasteiger partial charge on any atom is -0.229 e. The van der Waals surface area contributed by atoms with Crippen molar-refractivity contribution in [2.45, 2.75) is 0 Å². The molecule has 2 rings (SSSR count). The van der Waals surface area contributed by atoms with Gasteiger partial charge in [0.1, 0.15) is 15.4 Å². The average Bonchev–Trinajstić information content (AvgIpc) is 2.56. The van der Waals surface area contributed by atoms with Crippen LogP contribution in [-0.4, -0.2) is 4.98 Å². The molecule has 0 aliphatic heterocycles. The van der Waals surface area contributed by atoms with Gasteiger partial charge in [0.25, 0.3) is 0 Å². The summed E-state index contributed by atoms with van der Waals surface area (Å²) in [7, 11) is 0. The summed E-state index contributed by atoms with van der Waals surface area (Å²) < 4.78 is 15.0. The van der Waals surface area contributed by atoms with Crippen LogP contribution in [0.5, 0.6) is 0 Å². The third kappa shape index (κ3) is 2.04. The fourth-order valence-electron chi connectivity index (χ4n) is 1.04. The van der Waals surface area contributed by atoms with Crippen LogP contribution in [0.15, 0.2) is 32.7 Å². The second kappa shape index (κ2) is 4.08. The molecule has 1 heterocycles. The fourth-order valence-corrected chi connectivity index (χ4v) is 2.67. The van der Waals surface area contributed by atoms with Crippen molar-refractivity contribution < 1.29 is 4.39 Å². The van der Waals surface area contributed by atoms with Crippen molar-refractivity contribution in [1.29, 1.82) is 0 Å². The van der Waals surface area contributed by atoms with Gasteiger partial charge in [-0.25, -0.2) is 9.37 Å². The Hall–Kier alpha value is -0.260. The second-order valence-electron chi connectivity index (χ2n) is 2.60. The number of thiazole rings is 1. The maximum atomic E-state index is 13.4. The normalized spacial score (nSPS) is 10.5. The summed E-state index contributed by atoms with van der Waals surface area (Å²) in [6.45, 7) is 0. The Labute approximate surface area is 101 Å². The van der Waals surface area contributed by atoms with Gasteiger partial charge >= 0.3 is 0 Å². The van der Waals surface area contributed by atoms with Gasteiger partial charge in [0.05, 0.1) is 0 Å². The first-order chi connectivity index (χ1) is 6.66. The maximum Gasteiger partial charge on any atom is 0.133 e. The highest BCUT2D eigenvalue weighted by atomic mass is 79.9. The number of halogens is 3. The van der Waals surface area contributed by atoms with Crippen molar-refractivity contribution in [3.05, 3.63) is 38.5 Å². The van der Waals surface area contributed by atoms with E-state index in [0.717, 1.165) is 9.08 Å². The first-order valence-corrected chi connectivity index (χ1v) is 6.20. The third-order valence-electron chi connectivity index (χ3n) is 1.63. The Bertz CT molecular complexity index is 470. The average molecular weight is 337 g/mol. The molecule has 0 spiro atoms. The molecule has 0 saturated carbocycles. The number of rotatable bonds is 1. The van der Waals surface area contributed by atoms with Crippen LogP contribution in [0.2, 0.25) is 0 Å². The Balaban J connectivity index is 2.55. The predicted molar refractivity (Wildman–Crippen MR) is 62.9 cm³/mol. The lowest BCUT2D eigenvalue weighted by molar-refractivity contribution is 0.631. The molecule has 0 fully saturated rings. The van der Waals surface area contributed by atoms with Gasteiger partial charge in [-0.15, -0.1) is 11.3 Å². The third-order valence-corrected chi connectivity index (χ3v) is 3.71. The van der Waals surface area contributed by atoms with Gasteiger partial charge in [0.2, 0.25) is 0 Å². The van der Waals surface area contributed by atoms with Crippen molar-refractivity contribution in [2.24, 2.45) is 0 Å². The van der Waals surface area contributed by atoms with Crippen molar-refractivity contribution >= 4 is 43.2 Å². The molecule has 0 N–H and O–H groups in total. The standard InChI is InChI=1S/C9H4Br2FNS/c10-5-1-2-7(12)6(3-5)9-13-8(11)4-14-9/h1-4H. The molecule has 0 bridgehead atoms. The molecule has 0 aliphatic carbocycles. The van der Waals surface area contributed by atoms with Gasteiger partial charge in [-0.05, 0) is 34.1 Å². The van der Waals surface area contributed by atoms with Crippen LogP contribution in [0, 0.1) is 5.82 Å². The van der Waals surface area contributed by atoms with Crippen molar-refractivity contribution in [2.75, 3.05) is 0 Å². The Morgan fingerprint density at radius 2 is 2.07 bits per heavy atom. The molecule has 0 unspecified atom stereocenters. The molecule has 5 heteroatoms. The molecular formula is C9H4Br2FNS. The van der Waals surface area contributed by atoms with Crippen LogP contribution in [0.4, 0.5) is 4.39 Å². The van der Waals surface area contributed by atoms with Crippen molar-refractivity contribution in [3.8, 4) is 10.6 Å². The lowest BCUT2D eigenvalue weighted by atomic mass is 10.2. The number of hydrogen-bond acceptors (Lipinski definition) is 2. The van der Waals surface area contributed by atoms with Crippen LogP contribution in [0.25, 0.3) is 10.6 Å². The molecular weight excluding hydrogens is 333 g/mol. The smallest absolute Gasteiger partial charge is 0.133 e. The summed E-state index contributed by atoms with van der Waals surface area (Å²) >= 11 is 7.94. The van der Waals surface area contributed by atoms with E-state index in [9.17, 15) is 4.39 Å². The largest absolute Gasteiger partial charge is 0.229 e. The van der Waals surface area contributed by atoms with Gasteiger partial charge in [0.15, 0.2) is 0 Å². The van der Waals surface area contributed by atoms with Gasteiger partial charge < -0.3 is 0 Å². The Morgan fingerprint density at radius 1 is 1.29 bits per heavy atom. The Kier molecular flexibility index (Phi) is 2.99. The lowest BCUT2D eigenvalue weighted by Crippen LogP contribution is -1.82. The molecule has 0 aliphatic rings. The molecule has 1 aromatic heterocycles. The van der Waals surface area contributed by atoms with E-state index >= 15 is 0 Å². The van der Waals surface area contributed by atoms with Crippen LogP contribution in [0.3, 0.4) is 0 Å². The number of hydrogen-bond donors (Lipinski definition) is 0. The summed E-state index contributed by atoms with van der Waals surface area (Å²) in [4.78, 5) is 4.16. The fraction of sp³-hybridized carbons (Fsp3) is 0. The first-order valence-electron chi connectivity index (χ1n) is 3.73. The maximum absolute atomic E-state index is 13.4. The van der Waals surface area contributed by atoms with E-state index in [1.807, 2.05) is 5.38 Å². The summed E-state index contributed by atoms with van der Waals surface area (Å²) in [5.74, 6) is -0.255. The molecule has 1 aromatic carbocycles. The van der Waals surface area contributed by atoms with Crippen LogP contribution < -0.4 is 0 Å². The monoisotopic (exact) mass is 335 g/mol. The topological polar surface area (TPSA) is 12.9 Å². The quantitative estimate of drug-likeness (QED) is 0.748. The highest BCUT2D eigenvalue weighted by Crippen LogP contribution is 2.30. The molecule has 0 amide bonds. The highest BCUT2D eigenvalue weighted by molar-refractivity contribution is 9.10. The minimum absolute atomic E-state index is 0.255. The van der Waals surface area contributed by atoms with Crippen LogP contribution >= 0.6 is 43.2 Å². The van der Waals surface area contributed by atoms with E-state index in [-0.39, 0.29) is 5.82 Å². The van der Waals surface area contributed by atoms with Crippen LogP contribution in [-0.2, 0) is 0 Å². The SMILES string of the molecule is Fc1ccc(Br)cc1-c1nc(Br)cs1. The molecule has 14 heavy (non-hydrogen) atoms. The van der Waals surface area contributed by atoms with Gasteiger partial charge in [-0.1, -0.05) is 15.9 Å². The summed E-state index contributed by atoms with van der Waals surface area (Å²) in [6.07, 6.45) is 0. The van der Waals surface area contributed by atoms with Gasteiger partial charge in [0, 0.05) is 15.4 Å². The molecule has 72 valence electrons. The number of benzene rings is 1. The molecule has 0 saturated heterocycles. The summed E-state index contributed by atoms with van der Waals surface area (Å²) in [5.41, 5.74) is 0.523. The second-order valence-corrected chi connectivity index (χ2v) is 5.19. The van der Waals surface area contributed by atoms with Crippen molar-refractivity contribution in [3.63, 3.8) is 0 Å². The van der Waals surface area contributed by atoms with E-state index in [1.54, 1.807) is 12.1 Å². The zero-order chi connectivity index (χ0) is 10.1. The van der Waals surface area contributed by atoms with Crippen LogP contribution in [0.1, 0.15) is 0 Å². The summed E-state index contributed by atoms with van der Waals surface area (Å²) in [5, 5.41) is 2.51. The van der Waals surface area contributed by atoms with Gasteiger partial charge in [-0.3, -0.25) is 0 Å².